The lowest BCUT2D eigenvalue weighted by Crippen LogP contribution is -2.58. The van der Waals surface area contributed by atoms with Crippen molar-refractivity contribution < 1.29 is 14.3 Å². The molecule has 3 aliphatic rings. The van der Waals surface area contributed by atoms with E-state index in [4.69, 9.17) is 16.3 Å². The van der Waals surface area contributed by atoms with Gasteiger partial charge in [0.05, 0.1) is 12.1 Å². The van der Waals surface area contributed by atoms with E-state index in [1.54, 1.807) is 24.3 Å². The molecule has 0 aromatic heterocycles. The fraction of sp³-hybridized carbons (Fsp3) is 0.652. The van der Waals surface area contributed by atoms with Gasteiger partial charge in [0.15, 0.2) is 0 Å². The van der Waals surface area contributed by atoms with Crippen LogP contribution in [0, 0.1) is 5.92 Å². The van der Waals surface area contributed by atoms with Crippen molar-refractivity contribution in [3.05, 3.63) is 34.9 Å². The highest BCUT2D eigenvalue weighted by Crippen LogP contribution is 2.31. The highest BCUT2D eigenvalue weighted by atomic mass is 35.5. The first-order valence-corrected chi connectivity index (χ1v) is 11.7. The first-order valence-electron chi connectivity index (χ1n) is 11.3. The number of rotatable bonds is 6. The number of hydrogen-bond donors (Lipinski definition) is 1. The Labute approximate surface area is 183 Å². The van der Waals surface area contributed by atoms with Crippen LogP contribution in [0.2, 0.25) is 5.02 Å². The van der Waals surface area contributed by atoms with Gasteiger partial charge in [-0.3, -0.25) is 14.5 Å². The summed E-state index contributed by atoms with van der Waals surface area (Å²) >= 11 is 5.94. The van der Waals surface area contributed by atoms with Crippen LogP contribution in [-0.4, -0.2) is 73.1 Å². The van der Waals surface area contributed by atoms with Crippen molar-refractivity contribution in [1.29, 1.82) is 0 Å². The van der Waals surface area contributed by atoms with E-state index in [9.17, 15) is 9.59 Å². The van der Waals surface area contributed by atoms with Gasteiger partial charge in [0.25, 0.3) is 5.91 Å². The SMILES string of the molecule is O=C(NC[C@@H]1CCCO1)[C@H](C1CCCC1)N1CCN(C(=O)c2ccc(Cl)cc2)CC1. The summed E-state index contributed by atoms with van der Waals surface area (Å²) in [4.78, 5) is 30.1. The van der Waals surface area contributed by atoms with Crippen molar-refractivity contribution in [1.82, 2.24) is 15.1 Å². The number of carbonyl (C=O) groups excluding carboxylic acids is 2. The lowest BCUT2D eigenvalue weighted by molar-refractivity contribution is -0.129. The van der Waals surface area contributed by atoms with Crippen molar-refractivity contribution in [2.75, 3.05) is 39.3 Å². The normalized spacial score (nSPS) is 24.2. The average Bonchev–Trinajstić information content (AvgIpc) is 3.48. The summed E-state index contributed by atoms with van der Waals surface area (Å²) in [5.41, 5.74) is 0.662. The van der Waals surface area contributed by atoms with Gasteiger partial charge in [-0.15, -0.1) is 0 Å². The zero-order valence-corrected chi connectivity index (χ0v) is 18.3. The Morgan fingerprint density at radius 2 is 1.73 bits per heavy atom. The molecule has 0 unspecified atom stereocenters. The van der Waals surface area contributed by atoms with Crippen LogP contribution >= 0.6 is 11.6 Å². The molecule has 30 heavy (non-hydrogen) atoms. The molecule has 1 aromatic carbocycles. The fourth-order valence-corrected chi connectivity index (χ4v) is 5.18. The first-order chi connectivity index (χ1) is 14.6. The Morgan fingerprint density at radius 3 is 2.37 bits per heavy atom. The quantitative estimate of drug-likeness (QED) is 0.749. The van der Waals surface area contributed by atoms with Gasteiger partial charge in [0, 0.05) is 49.9 Å². The maximum Gasteiger partial charge on any atom is 0.253 e. The van der Waals surface area contributed by atoms with Crippen molar-refractivity contribution >= 4 is 23.4 Å². The first kappa shape index (κ1) is 21.6. The molecule has 2 saturated heterocycles. The second kappa shape index (κ2) is 10.1. The van der Waals surface area contributed by atoms with Gasteiger partial charge in [0.2, 0.25) is 5.91 Å². The summed E-state index contributed by atoms with van der Waals surface area (Å²) in [5.74, 6) is 0.578. The zero-order chi connectivity index (χ0) is 20.9. The van der Waals surface area contributed by atoms with Crippen LogP contribution in [0.15, 0.2) is 24.3 Å². The van der Waals surface area contributed by atoms with E-state index in [0.29, 0.717) is 36.1 Å². The smallest absolute Gasteiger partial charge is 0.253 e. The van der Waals surface area contributed by atoms with Crippen molar-refractivity contribution in [2.24, 2.45) is 5.92 Å². The van der Waals surface area contributed by atoms with E-state index in [0.717, 1.165) is 45.4 Å². The highest BCUT2D eigenvalue weighted by Gasteiger charge is 2.37. The molecule has 2 heterocycles. The Kier molecular flexibility index (Phi) is 7.28. The lowest BCUT2D eigenvalue weighted by atomic mass is 9.94. The van der Waals surface area contributed by atoms with E-state index in [1.807, 2.05) is 4.90 Å². The van der Waals surface area contributed by atoms with Crippen LogP contribution in [0.5, 0.6) is 0 Å². The number of hydrogen-bond acceptors (Lipinski definition) is 4. The highest BCUT2D eigenvalue weighted by molar-refractivity contribution is 6.30. The Morgan fingerprint density at radius 1 is 1.03 bits per heavy atom. The van der Waals surface area contributed by atoms with Crippen LogP contribution in [0.4, 0.5) is 0 Å². The molecule has 1 saturated carbocycles. The largest absolute Gasteiger partial charge is 0.376 e. The van der Waals surface area contributed by atoms with Gasteiger partial charge in [-0.05, 0) is 55.9 Å². The number of halogens is 1. The van der Waals surface area contributed by atoms with Crippen LogP contribution in [0.25, 0.3) is 0 Å². The molecule has 2 aliphatic heterocycles. The van der Waals surface area contributed by atoms with Crippen molar-refractivity contribution in [2.45, 2.75) is 50.7 Å². The number of nitrogens with one attached hydrogen (secondary N) is 1. The van der Waals surface area contributed by atoms with Gasteiger partial charge in [0.1, 0.15) is 0 Å². The molecule has 2 amide bonds. The minimum absolute atomic E-state index is 0.0339. The third kappa shape index (κ3) is 5.16. The Bertz CT molecular complexity index is 722. The predicted molar refractivity (Wildman–Crippen MR) is 117 cm³/mol. The van der Waals surface area contributed by atoms with Gasteiger partial charge in [-0.2, -0.15) is 0 Å². The monoisotopic (exact) mass is 433 g/mol. The van der Waals surface area contributed by atoms with Crippen molar-refractivity contribution in [3.63, 3.8) is 0 Å². The molecule has 7 heteroatoms. The molecular weight excluding hydrogens is 402 g/mol. The minimum Gasteiger partial charge on any atom is -0.376 e. The maximum atomic E-state index is 13.2. The molecule has 0 radical (unpaired) electrons. The second-order valence-corrected chi connectivity index (χ2v) is 9.14. The van der Waals surface area contributed by atoms with E-state index < -0.39 is 0 Å². The Balaban J connectivity index is 1.35. The van der Waals surface area contributed by atoms with E-state index in [1.165, 1.54) is 12.8 Å². The van der Waals surface area contributed by atoms with Crippen LogP contribution in [0.3, 0.4) is 0 Å². The molecular formula is C23H32ClN3O3. The molecule has 2 atom stereocenters. The van der Waals surface area contributed by atoms with Crippen LogP contribution in [-0.2, 0) is 9.53 Å². The summed E-state index contributed by atoms with van der Waals surface area (Å²) in [6.07, 6.45) is 6.90. The topological polar surface area (TPSA) is 61.9 Å². The molecule has 1 aliphatic carbocycles. The molecule has 4 rings (SSSR count). The number of ether oxygens (including phenoxy) is 1. The third-order valence-electron chi connectivity index (χ3n) is 6.73. The predicted octanol–water partition coefficient (Wildman–Crippen LogP) is 2.95. The summed E-state index contributed by atoms with van der Waals surface area (Å²) in [5, 5.41) is 3.79. The molecule has 6 nitrogen and oxygen atoms in total. The number of nitrogens with zero attached hydrogens (tertiary/aromatic N) is 2. The summed E-state index contributed by atoms with van der Waals surface area (Å²) < 4.78 is 5.66. The molecule has 1 N–H and O–H groups in total. The number of benzene rings is 1. The summed E-state index contributed by atoms with van der Waals surface area (Å²) in [6.45, 7) is 4.16. The number of piperazine rings is 1. The number of carbonyl (C=O) groups is 2. The fourth-order valence-electron chi connectivity index (χ4n) is 5.05. The van der Waals surface area contributed by atoms with Gasteiger partial charge in [-0.25, -0.2) is 0 Å². The van der Waals surface area contributed by atoms with E-state index in [-0.39, 0.29) is 24.0 Å². The van der Waals surface area contributed by atoms with Gasteiger partial charge < -0.3 is 15.0 Å². The molecule has 164 valence electrons. The molecule has 1 aromatic rings. The molecule has 0 spiro atoms. The van der Waals surface area contributed by atoms with E-state index in [2.05, 4.69) is 10.2 Å². The van der Waals surface area contributed by atoms with Gasteiger partial charge >= 0.3 is 0 Å². The lowest BCUT2D eigenvalue weighted by Gasteiger charge is -2.41. The minimum atomic E-state index is -0.0957. The van der Waals surface area contributed by atoms with Crippen LogP contribution in [0.1, 0.15) is 48.9 Å². The van der Waals surface area contributed by atoms with Gasteiger partial charge in [-0.1, -0.05) is 24.4 Å². The molecule has 3 fully saturated rings. The second-order valence-electron chi connectivity index (χ2n) is 8.70. The zero-order valence-electron chi connectivity index (χ0n) is 17.5. The van der Waals surface area contributed by atoms with Crippen LogP contribution < -0.4 is 5.32 Å². The number of amides is 2. The van der Waals surface area contributed by atoms with E-state index >= 15 is 0 Å². The third-order valence-corrected chi connectivity index (χ3v) is 6.98. The maximum absolute atomic E-state index is 13.2. The molecule has 0 bridgehead atoms. The Hall–Kier alpha value is -1.63. The summed E-state index contributed by atoms with van der Waals surface area (Å²) in [6, 6.07) is 6.95. The van der Waals surface area contributed by atoms with Crippen molar-refractivity contribution in [3.8, 4) is 0 Å². The standard InChI is InChI=1S/C23H32ClN3O3/c24-19-9-7-18(8-10-19)23(29)27-13-11-26(12-14-27)21(17-4-1-2-5-17)22(28)25-16-20-6-3-15-30-20/h7-10,17,20-21H,1-6,11-16H2,(H,25,28)/t20-,21-/m0/s1. The summed E-state index contributed by atoms with van der Waals surface area (Å²) in [7, 11) is 0. The average molecular weight is 434 g/mol.